The summed E-state index contributed by atoms with van der Waals surface area (Å²) < 4.78 is 1.98. The highest BCUT2D eigenvalue weighted by Gasteiger charge is 2.12. The highest BCUT2D eigenvalue weighted by molar-refractivity contribution is 5.81. The Balaban J connectivity index is 1.87. The van der Waals surface area contributed by atoms with Crippen LogP contribution in [0.4, 0.5) is 5.95 Å². The van der Waals surface area contributed by atoms with Crippen molar-refractivity contribution in [2.75, 3.05) is 18.0 Å². The van der Waals surface area contributed by atoms with Crippen molar-refractivity contribution in [3.8, 4) is 5.69 Å². The maximum Gasteiger partial charge on any atom is 0.227 e. The van der Waals surface area contributed by atoms with E-state index in [1.165, 1.54) is 0 Å². The number of aromatic nitrogens is 6. The number of nitrogens with zero attached hydrogens (tertiary/aromatic N) is 6. The molecule has 0 aliphatic rings. The molecular weight excluding hydrogens is 290 g/mol. The second-order valence-corrected chi connectivity index (χ2v) is 5.31. The Hall–Kier alpha value is -2.96. The van der Waals surface area contributed by atoms with Gasteiger partial charge in [-0.15, -0.1) is 0 Å². The minimum atomic E-state index is 0.730. The zero-order chi connectivity index (χ0) is 15.8. The van der Waals surface area contributed by atoms with E-state index in [4.69, 9.17) is 4.98 Å². The molecule has 0 aliphatic carbocycles. The van der Waals surface area contributed by atoms with Gasteiger partial charge in [-0.2, -0.15) is 10.1 Å². The quantitative estimate of drug-likeness (QED) is 0.627. The zero-order valence-corrected chi connectivity index (χ0v) is 13.1. The van der Waals surface area contributed by atoms with Crippen molar-refractivity contribution in [3.63, 3.8) is 0 Å². The number of fused-ring (bicyclic) bond motifs is 2. The lowest BCUT2D eigenvalue weighted by Crippen LogP contribution is -2.24. The van der Waals surface area contributed by atoms with Crippen LogP contribution in [0.1, 0.15) is 13.8 Å². The Labute approximate surface area is 133 Å². The normalized spacial score (nSPS) is 11.4. The molecule has 0 radical (unpaired) electrons. The van der Waals surface area contributed by atoms with E-state index < -0.39 is 0 Å². The van der Waals surface area contributed by atoms with E-state index in [0.29, 0.717) is 0 Å². The van der Waals surface area contributed by atoms with Gasteiger partial charge >= 0.3 is 0 Å². The molecule has 3 aromatic heterocycles. The number of imidazole rings is 1. The summed E-state index contributed by atoms with van der Waals surface area (Å²) >= 11 is 0. The predicted octanol–water partition coefficient (Wildman–Crippen LogP) is 2.54. The second kappa shape index (κ2) is 5.35. The van der Waals surface area contributed by atoms with Gasteiger partial charge in [-0.1, -0.05) is 0 Å². The highest BCUT2D eigenvalue weighted by Crippen LogP contribution is 2.21. The van der Waals surface area contributed by atoms with Crippen LogP contribution in [0, 0.1) is 0 Å². The molecule has 0 spiro atoms. The van der Waals surface area contributed by atoms with Crippen LogP contribution < -0.4 is 4.90 Å². The van der Waals surface area contributed by atoms with Crippen molar-refractivity contribution in [1.29, 1.82) is 0 Å². The van der Waals surface area contributed by atoms with Crippen LogP contribution in [0.2, 0.25) is 0 Å². The minimum absolute atomic E-state index is 0.730. The summed E-state index contributed by atoms with van der Waals surface area (Å²) in [6.07, 6.45) is 5.38. The van der Waals surface area contributed by atoms with Crippen LogP contribution >= 0.6 is 0 Å². The zero-order valence-electron chi connectivity index (χ0n) is 13.1. The van der Waals surface area contributed by atoms with Crippen LogP contribution in [0.3, 0.4) is 0 Å². The Morgan fingerprint density at radius 2 is 2.00 bits per heavy atom. The van der Waals surface area contributed by atoms with Crippen LogP contribution in [0.15, 0.2) is 36.9 Å². The van der Waals surface area contributed by atoms with Gasteiger partial charge in [-0.05, 0) is 32.0 Å². The largest absolute Gasteiger partial charge is 0.341 e. The standard InChI is InChI=1S/C16H17N7/c1-3-22(4-2)16-17-9-14-15(20-16)23(10-18-14)12-5-6-13-11(7-12)8-19-21-13/h5-10H,3-4H2,1-2H3,(H,19,21). The second-order valence-electron chi connectivity index (χ2n) is 5.31. The number of nitrogens with one attached hydrogen (secondary N) is 1. The number of H-pyrrole nitrogens is 1. The van der Waals surface area contributed by atoms with E-state index in [9.17, 15) is 0 Å². The molecule has 0 saturated heterocycles. The van der Waals surface area contributed by atoms with Crippen molar-refractivity contribution < 1.29 is 0 Å². The highest BCUT2D eigenvalue weighted by atomic mass is 15.3. The van der Waals surface area contributed by atoms with Crippen LogP contribution in [-0.4, -0.2) is 42.8 Å². The third-order valence-electron chi connectivity index (χ3n) is 4.03. The summed E-state index contributed by atoms with van der Waals surface area (Å²) in [5, 5.41) is 8.08. The van der Waals surface area contributed by atoms with Crippen molar-refractivity contribution >= 4 is 28.0 Å². The fraction of sp³-hybridized carbons (Fsp3) is 0.250. The Bertz CT molecular complexity index is 965. The third kappa shape index (κ3) is 2.21. The van der Waals surface area contributed by atoms with Gasteiger partial charge in [0.25, 0.3) is 0 Å². The average molecular weight is 307 g/mol. The predicted molar refractivity (Wildman–Crippen MR) is 89.9 cm³/mol. The van der Waals surface area contributed by atoms with Crippen molar-refractivity contribution in [2.24, 2.45) is 0 Å². The number of anilines is 1. The van der Waals surface area contributed by atoms with Crippen LogP contribution in [-0.2, 0) is 0 Å². The molecule has 4 rings (SSSR count). The van der Waals surface area contributed by atoms with Gasteiger partial charge in [0, 0.05) is 24.2 Å². The maximum atomic E-state index is 4.71. The van der Waals surface area contributed by atoms with Gasteiger partial charge in [0.1, 0.15) is 11.8 Å². The molecule has 0 unspecified atom stereocenters. The fourth-order valence-electron chi connectivity index (χ4n) is 2.73. The molecule has 7 nitrogen and oxygen atoms in total. The van der Waals surface area contributed by atoms with Gasteiger partial charge in [0.2, 0.25) is 5.95 Å². The smallest absolute Gasteiger partial charge is 0.227 e. The molecule has 0 aliphatic heterocycles. The molecule has 0 fully saturated rings. The first kappa shape index (κ1) is 13.7. The topological polar surface area (TPSA) is 75.5 Å². The van der Waals surface area contributed by atoms with Crippen LogP contribution in [0.5, 0.6) is 0 Å². The Morgan fingerprint density at radius 1 is 1.13 bits per heavy atom. The van der Waals surface area contributed by atoms with E-state index in [1.807, 2.05) is 22.9 Å². The summed E-state index contributed by atoms with van der Waals surface area (Å²) in [6, 6.07) is 6.11. The molecule has 4 aromatic rings. The average Bonchev–Trinajstić information content (AvgIpc) is 3.21. The van der Waals surface area contributed by atoms with Crippen molar-refractivity contribution in [3.05, 3.63) is 36.9 Å². The summed E-state index contributed by atoms with van der Waals surface area (Å²) in [7, 11) is 0. The Morgan fingerprint density at radius 3 is 2.83 bits per heavy atom. The molecular formula is C16H17N7. The fourth-order valence-corrected chi connectivity index (χ4v) is 2.73. The van der Waals surface area contributed by atoms with E-state index in [0.717, 1.165) is 46.8 Å². The van der Waals surface area contributed by atoms with Gasteiger partial charge in [0.05, 0.1) is 17.9 Å². The lowest BCUT2D eigenvalue weighted by Gasteiger charge is -2.18. The summed E-state index contributed by atoms with van der Waals surface area (Å²) in [5.74, 6) is 0.730. The Kier molecular flexibility index (Phi) is 3.18. The lowest BCUT2D eigenvalue weighted by molar-refractivity contribution is 0.823. The van der Waals surface area contributed by atoms with Crippen molar-refractivity contribution in [1.82, 2.24) is 29.7 Å². The molecule has 7 heteroatoms. The number of rotatable bonds is 4. The van der Waals surface area contributed by atoms with E-state index >= 15 is 0 Å². The lowest BCUT2D eigenvalue weighted by atomic mass is 10.2. The van der Waals surface area contributed by atoms with Gasteiger partial charge in [-0.25, -0.2) is 9.97 Å². The molecule has 3 heterocycles. The van der Waals surface area contributed by atoms with E-state index in [-0.39, 0.29) is 0 Å². The molecule has 23 heavy (non-hydrogen) atoms. The van der Waals surface area contributed by atoms with E-state index in [1.54, 1.807) is 12.5 Å². The molecule has 0 bridgehead atoms. The number of aromatic amines is 1. The molecule has 0 saturated carbocycles. The third-order valence-corrected chi connectivity index (χ3v) is 4.03. The molecule has 1 N–H and O–H groups in total. The van der Waals surface area contributed by atoms with Crippen molar-refractivity contribution in [2.45, 2.75) is 13.8 Å². The maximum absolute atomic E-state index is 4.71. The molecule has 0 atom stereocenters. The monoisotopic (exact) mass is 307 g/mol. The summed E-state index contributed by atoms with van der Waals surface area (Å²) in [6.45, 7) is 5.94. The molecule has 116 valence electrons. The summed E-state index contributed by atoms with van der Waals surface area (Å²) in [5.41, 5.74) is 3.61. The van der Waals surface area contributed by atoms with Gasteiger partial charge in [-0.3, -0.25) is 9.67 Å². The number of hydrogen-bond donors (Lipinski definition) is 1. The number of hydrogen-bond acceptors (Lipinski definition) is 5. The SMILES string of the molecule is CCN(CC)c1ncc2ncn(-c3ccc4[nH]ncc4c3)c2n1. The van der Waals surface area contributed by atoms with E-state index in [2.05, 4.69) is 45.0 Å². The van der Waals surface area contributed by atoms with Crippen LogP contribution in [0.25, 0.3) is 27.8 Å². The first-order chi connectivity index (χ1) is 11.3. The molecule has 1 aromatic carbocycles. The molecule has 0 amide bonds. The first-order valence-electron chi connectivity index (χ1n) is 7.68. The summed E-state index contributed by atoms with van der Waals surface area (Å²) in [4.78, 5) is 15.7. The van der Waals surface area contributed by atoms with Gasteiger partial charge < -0.3 is 4.90 Å². The number of benzene rings is 1. The minimum Gasteiger partial charge on any atom is -0.341 e. The van der Waals surface area contributed by atoms with Gasteiger partial charge in [0.15, 0.2) is 5.65 Å². The first-order valence-corrected chi connectivity index (χ1v) is 7.68.